The molecule has 0 aliphatic carbocycles. The molecule has 0 aromatic rings. The van der Waals surface area contributed by atoms with Gasteiger partial charge in [0.2, 0.25) is 0 Å². The molecule has 9 heavy (non-hydrogen) atoms. The molecule has 0 heterocycles. The second-order valence-corrected chi connectivity index (χ2v) is 1.54. The van der Waals surface area contributed by atoms with E-state index in [1.165, 1.54) is 0 Å². The molecule has 8 heteroatoms. The van der Waals surface area contributed by atoms with Crippen LogP contribution in [0.5, 0.6) is 0 Å². The van der Waals surface area contributed by atoms with E-state index in [2.05, 4.69) is 0 Å². The Kier molecular flexibility index (Phi) is 42.8. The van der Waals surface area contributed by atoms with E-state index < -0.39 is 7.82 Å². The zero-order chi connectivity index (χ0) is 4.50. The fraction of sp³-hybridized carbons (Fsp3) is 1.00. The van der Waals surface area contributed by atoms with Crippen LogP contribution in [0.3, 0.4) is 0 Å². The Balaban J connectivity index is -0.00000000533. The van der Waals surface area contributed by atoms with E-state index in [1.807, 2.05) is 0 Å². The first kappa shape index (κ1) is 30.8. The molecule has 0 aliphatic rings. The van der Waals surface area contributed by atoms with Gasteiger partial charge in [0.25, 0.3) is 0 Å². The van der Waals surface area contributed by atoms with Gasteiger partial charge in [0.05, 0.1) is 0 Å². The third-order valence-corrected chi connectivity index (χ3v) is 0. The van der Waals surface area contributed by atoms with Gasteiger partial charge in [0.1, 0.15) is 0 Å². The van der Waals surface area contributed by atoms with Crippen LogP contribution in [-0.2, 0) is 21.6 Å². The smallest absolute Gasteiger partial charge is 1.00 e. The fourth-order valence-corrected chi connectivity index (χ4v) is 0. The molecule has 52 valence electrons. The van der Waals surface area contributed by atoms with Crippen molar-refractivity contribution < 1.29 is 76.9 Å². The minimum atomic E-state index is -4.64. The number of phosphoric acid groups is 1. The van der Waals surface area contributed by atoms with E-state index in [9.17, 15) is 0 Å². The molecule has 0 amide bonds. The summed E-state index contributed by atoms with van der Waals surface area (Å²) in [5, 5.41) is 0. The maximum Gasteiger partial charge on any atom is 1.00 e. The van der Waals surface area contributed by atoms with Gasteiger partial charge in [-0.15, -0.1) is 0 Å². The van der Waals surface area contributed by atoms with E-state index in [-0.39, 0.29) is 65.1 Å². The predicted octanol–water partition coefficient (Wildman–Crippen LogP) is -6.06. The third-order valence-electron chi connectivity index (χ3n) is 0. The van der Waals surface area contributed by atoms with Crippen LogP contribution in [0.25, 0.3) is 0 Å². The zero-order valence-corrected chi connectivity index (χ0v) is 6.55. The summed E-state index contributed by atoms with van der Waals surface area (Å²) >= 11 is 0. The van der Waals surface area contributed by atoms with Gasteiger partial charge < -0.3 is 17.5 Å². The minimum Gasteiger partial charge on any atom is -1.00 e. The molecule has 0 spiro atoms. The van der Waals surface area contributed by atoms with Gasteiger partial charge in [-0.05, 0) is 0 Å². The molecular weight excluding hydrogens is 177 g/mol. The van der Waals surface area contributed by atoms with Crippen molar-refractivity contribution in [3.63, 3.8) is 0 Å². The second-order valence-electron chi connectivity index (χ2n) is 0.513. The molecule has 0 saturated heterocycles. The largest absolute Gasteiger partial charge is 1.00 e. The Hall–Kier alpha value is 1.82. The van der Waals surface area contributed by atoms with Gasteiger partial charge in [-0.25, -0.2) is 4.57 Å². The Morgan fingerprint density at radius 2 is 1.11 bits per heavy atom. The van der Waals surface area contributed by atoms with Crippen LogP contribution < -0.4 is 37.7 Å². The van der Waals surface area contributed by atoms with Crippen molar-refractivity contribution >= 4 is 7.82 Å². The van der Waals surface area contributed by atoms with Crippen molar-refractivity contribution in [3.05, 3.63) is 0 Å². The summed E-state index contributed by atoms with van der Waals surface area (Å²) in [6.07, 6.45) is 0. The molecule has 0 radical (unpaired) electrons. The standard InChI is InChI=1S/CH4.Fe.2Li.H3O4P.2H/c;;;;1-5(2,3)4;;/h1H4;;;;(H3,1,2,3,4);;/q;;2*+1;;2*-1. The van der Waals surface area contributed by atoms with Crippen LogP contribution in [0.2, 0.25) is 0 Å². The molecule has 4 nitrogen and oxygen atoms in total. The number of hydrogen-bond acceptors (Lipinski definition) is 1. The first-order chi connectivity index (χ1) is 2.00. The minimum absolute atomic E-state index is 0. The molecule has 0 aromatic carbocycles. The zero-order valence-electron chi connectivity index (χ0n) is 6.55. The third kappa shape index (κ3) is 181. The summed E-state index contributed by atoms with van der Waals surface area (Å²) in [5.41, 5.74) is 0. The van der Waals surface area contributed by atoms with Crippen LogP contribution in [0.4, 0.5) is 0 Å². The van der Waals surface area contributed by atoms with Crippen molar-refractivity contribution in [1.82, 2.24) is 0 Å². The average molecular weight is 186 g/mol. The summed E-state index contributed by atoms with van der Waals surface area (Å²) in [5.74, 6) is 0. The van der Waals surface area contributed by atoms with Gasteiger partial charge in [-0.3, -0.25) is 0 Å². The Morgan fingerprint density at radius 3 is 1.11 bits per heavy atom. The van der Waals surface area contributed by atoms with E-state index in [0.717, 1.165) is 0 Å². The molecule has 0 aliphatic heterocycles. The van der Waals surface area contributed by atoms with Crippen molar-refractivity contribution in [1.29, 1.82) is 0 Å². The van der Waals surface area contributed by atoms with E-state index in [1.54, 1.807) is 0 Å². The second kappa shape index (κ2) is 12.5. The maximum absolute atomic E-state index is 8.88. The van der Waals surface area contributed by atoms with Gasteiger partial charge in [0.15, 0.2) is 0 Å². The van der Waals surface area contributed by atoms with Crippen LogP contribution in [-0.4, -0.2) is 14.7 Å². The van der Waals surface area contributed by atoms with E-state index in [4.69, 9.17) is 19.2 Å². The van der Waals surface area contributed by atoms with Gasteiger partial charge in [-0.1, -0.05) is 7.43 Å². The number of hydrogen-bond donors (Lipinski definition) is 3. The van der Waals surface area contributed by atoms with Gasteiger partial charge >= 0.3 is 45.5 Å². The van der Waals surface area contributed by atoms with Gasteiger partial charge in [0, 0.05) is 17.1 Å². The maximum atomic E-state index is 8.88. The van der Waals surface area contributed by atoms with E-state index in [0.29, 0.717) is 0 Å². The molecule has 0 rings (SSSR count). The summed E-state index contributed by atoms with van der Waals surface area (Å²) in [6.45, 7) is 0. The van der Waals surface area contributed by atoms with Crippen LogP contribution in [0.1, 0.15) is 10.3 Å². The van der Waals surface area contributed by atoms with Crippen LogP contribution in [0.15, 0.2) is 0 Å². The van der Waals surface area contributed by atoms with Crippen LogP contribution in [0, 0.1) is 0 Å². The first-order valence-corrected chi connectivity index (χ1v) is 2.35. The van der Waals surface area contributed by atoms with Crippen molar-refractivity contribution in [2.24, 2.45) is 0 Å². The molecule has 0 bridgehead atoms. The predicted molar refractivity (Wildman–Crippen MR) is 23.2 cm³/mol. The first-order valence-electron chi connectivity index (χ1n) is 0.783. The quantitative estimate of drug-likeness (QED) is 0.260. The van der Waals surface area contributed by atoms with Crippen molar-refractivity contribution in [3.8, 4) is 0 Å². The van der Waals surface area contributed by atoms with Crippen LogP contribution >= 0.6 is 7.82 Å². The Labute approximate surface area is 91.8 Å². The van der Waals surface area contributed by atoms with E-state index >= 15 is 0 Å². The summed E-state index contributed by atoms with van der Waals surface area (Å²) in [6, 6.07) is 0. The molecular formula is CH9FeLi2O4P. The molecule has 3 N–H and O–H groups in total. The topological polar surface area (TPSA) is 77.8 Å². The number of rotatable bonds is 0. The molecule has 0 unspecified atom stereocenters. The molecule has 0 atom stereocenters. The molecule has 0 aromatic heterocycles. The monoisotopic (exact) mass is 186 g/mol. The molecule has 0 saturated carbocycles. The van der Waals surface area contributed by atoms with Gasteiger partial charge in [-0.2, -0.15) is 0 Å². The fourth-order valence-electron chi connectivity index (χ4n) is 0. The van der Waals surface area contributed by atoms with Crippen molar-refractivity contribution in [2.45, 2.75) is 7.43 Å². The summed E-state index contributed by atoms with van der Waals surface area (Å²) in [4.78, 5) is 21.6. The normalized spacial score (nSPS) is 6.56. The Morgan fingerprint density at radius 1 is 1.11 bits per heavy atom. The SMILES string of the molecule is C.O=P(O)(O)O.[Fe].[H-].[H-].[Li+].[Li+]. The average Bonchev–Trinajstić information content (AvgIpc) is 0.722. The summed E-state index contributed by atoms with van der Waals surface area (Å²) in [7, 11) is -4.64. The Bertz CT molecular complexity index is 72.2. The van der Waals surface area contributed by atoms with Crippen molar-refractivity contribution in [2.75, 3.05) is 0 Å². The molecule has 0 fully saturated rings. The summed E-state index contributed by atoms with van der Waals surface area (Å²) < 4.78 is 8.88.